The fourth-order valence-electron chi connectivity index (χ4n) is 2.37. The smallest absolute Gasteiger partial charge is 0.339 e. The molecule has 2 rings (SSSR count). The first-order valence-electron chi connectivity index (χ1n) is 7.29. The highest BCUT2D eigenvalue weighted by Gasteiger charge is 2.38. The van der Waals surface area contributed by atoms with E-state index in [1.54, 1.807) is 6.07 Å². The second-order valence-corrected chi connectivity index (χ2v) is 6.01. The Bertz CT molecular complexity index is 738. The number of halogens is 2. The van der Waals surface area contributed by atoms with E-state index in [1.807, 2.05) is 0 Å². The molecule has 25 heavy (non-hydrogen) atoms. The molecule has 1 heterocycles. The summed E-state index contributed by atoms with van der Waals surface area (Å²) in [5, 5.41) is 7.03. The van der Waals surface area contributed by atoms with Gasteiger partial charge in [-0.15, -0.1) is 0 Å². The molecular formula is C15H16Cl2N4O4. The molecule has 0 saturated carbocycles. The van der Waals surface area contributed by atoms with Gasteiger partial charge in [-0.2, -0.15) is 5.10 Å². The number of ether oxygens (including phenoxy) is 1. The van der Waals surface area contributed by atoms with Crippen LogP contribution in [0.15, 0.2) is 23.3 Å². The first-order chi connectivity index (χ1) is 11.8. The van der Waals surface area contributed by atoms with Crippen LogP contribution in [0.25, 0.3) is 0 Å². The van der Waals surface area contributed by atoms with Crippen molar-refractivity contribution in [2.24, 2.45) is 5.10 Å². The summed E-state index contributed by atoms with van der Waals surface area (Å²) in [6, 6.07) is 3.22. The number of carbonyl (C=O) groups is 3. The lowest BCUT2D eigenvalue weighted by Gasteiger charge is -2.21. The van der Waals surface area contributed by atoms with Crippen LogP contribution in [0.1, 0.15) is 19.8 Å². The molecule has 1 aromatic carbocycles. The van der Waals surface area contributed by atoms with E-state index < -0.39 is 18.0 Å². The van der Waals surface area contributed by atoms with Crippen LogP contribution in [-0.2, 0) is 14.3 Å². The number of anilines is 1. The second-order valence-electron chi connectivity index (χ2n) is 5.20. The number of nitrogens with one attached hydrogen (secondary N) is 2. The summed E-state index contributed by atoms with van der Waals surface area (Å²) in [5.41, 5.74) is 2.68. The number of esters is 1. The molecule has 134 valence electrons. The molecule has 1 fully saturated rings. The van der Waals surface area contributed by atoms with Crippen molar-refractivity contribution in [2.75, 3.05) is 12.4 Å². The number of nitrogens with zero attached hydrogens (tertiary/aromatic N) is 2. The van der Waals surface area contributed by atoms with E-state index in [2.05, 4.69) is 20.6 Å². The van der Waals surface area contributed by atoms with Gasteiger partial charge in [0.05, 0.1) is 17.2 Å². The molecule has 1 aromatic rings. The van der Waals surface area contributed by atoms with Gasteiger partial charge >= 0.3 is 12.0 Å². The number of methoxy groups -OCH3 is 1. The monoisotopic (exact) mass is 386 g/mol. The molecule has 1 saturated heterocycles. The van der Waals surface area contributed by atoms with Crippen molar-refractivity contribution < 1.29 is 19.1 Å². The van der Waals surface area contributed by atoms with E-state index in [1.165, 1.54) is 31.1 Å². The van der Waals surface area contributed by atoms with Gasteiger partial charge in [0.25, 0.3) is 0 Å². The van der Waals surface area contributed by atoms with Crippen LogP contribution in [0, 0.1) is 0 Å². The predicted octanol–water partition coefficient (Wildman–Crippen LogP) is 2.61. The highest BCUT2D eigenvalue weighted by molar-refractivity contribution is 6.42. The minimum absolute atomic E-state index is 0.183. The SMILES string of the molecule is COC(=O)[C@@H]1CCC(=O)N1/C(C)=N/NC(=O)Nc1ccc(Cl)c(Cl)c1. The van der Waals surface area contributed by atoms with Gasteiger partial charge in [0.2, 0.25) is 5.91 Å². The summed E-state index contributed by atoms with van der Waals surface area (Å²) < 4.78 is 4.68. The Kier molecular flexibility index (Phi) is 6.22. The maximum absolute atomic E-state index is 11.9. The van der Waals surface area contributed by atoms with Crippen LogP contribution in [-0.4, -0.2) is 41.8 Å². The average Bonchev–Trinajstić information content (AvgIpc) is 2.97. The van der Waals surface area contributed by atoms with Crippen molar-refractivity contribution in [2.45, 2.75) is 25.8 Å². The molecule has 1 aliphatic rings. The van der Waals surface area contributed by atoms with Crippen LogP contribution in [0.3, 0.4) is 0 Å². The average molecular weight is 387 g/mol. The lowest BCUT2D eigenvalue weighted by molar-refractivity contribution is -0.146. The normalized spacial score (nSPS) is 17.4. The number of amides is 3. The van der Waals surface area contributed by atoms with Gasteiger partial charge in [-0.25, -0.2) is 15.0 Å². The number of likely N-dealkylation sites (tertiary alicyclic amines) is 1. The van der Waals surface area contributed by atoms with Gasteiger partial charge in [0.15, 0.2) is 0 Å². The lowest BCUT2D eigenvalue weighted by atomic mass is 10.2. The minimum Gasteiger partial charge on any atom is -0.467 e. The summed E-state index contributed by atoms with van der Waals surface area (Å²) in [7, 11) is 1.25. The Morgan fingerprint density at radius 2 is 2.04 bits per heavy atom. The van der Waals surface area contributed by atoms with E-state index >= 15 is 0 Å². The third kappa shape index (κ3) is 4.61. The van der Waals surface area contributed by atoms with Crippen LogP contribution >= 0.6 is 23.2 Å². The molecule has 3 amide bonds. The van der Waals surface area contributed by atoms with Crippen molar-refractivity contribution in [3.63, 3.8) is 0 Å². The maximum atomic E-state index is 11.9. The van der Waals surface area contributed by atoms with Crippen molar-refractivity contribution >= 4 is 52.6 Å². The zero-order valence-electron chi connectivity index (χ0n) is 13.5. The molecule has 0 unspecified atom stereocenters. The van der Waals surface area contributed by atoms with Crippen LogP contribution < -0.4 is 10.7 Å². The molecule has 0 aliphatic carbocycles. The summed E-state index contributed by atoms with van der Waals surface area (Å²) in [5.74, 6) is -0.605. The Balaban J connectivity index is 2.01. The van der Waals surface area contributed by atoms with Gasteiger partial charge in [-0.1, -0.05) is 23.2 Å². The number of hydrogen-bond acceptors (Lipinski definition) is 5. The topological polar surface area (TPSA) is 100 Å². The van der Waals surface area contributed by atoms with E-state index in [0.29, 0.717) is 22.2 Å². The first-order valence-corrected chi connectivity index (χ1v) is 8.05. The summed E-state index contributed by atoms with van der Waals surface area (Å²) >= 11 is 11.7. The van der Waals surface area contributed by atoms with Gasteiger partial charge in [-0.3, -0.25) is 9.69 Å². The summed E-state index contributed by atoms with van der Waals surface area (Å²) in [6.07, 6.45) is 0.552. The third-order valence-corrected chi connectivity index (χ3v) is 4.27. The fourth-order valence-corrected chi connectivity index (χ4v) is 2.67. The first kappa shape index (κ1) is 19.0. The number of amidine groups is 1. The largest absolute Gasteiger partial charge is 0.467 e. The molecule has 0 bridgehead atoms. The molecule has 8 nitrogen and oxygen atoms in total. The maximum Gasteiger partial charge on any atom is 0.339 e. The molecule has 2 N–H and O–H groups in total. The van der Waals surface area contributed by atoms with Crippen molar-refractivity contribution in [1.82, 2.24) is 10.3 Å². The Morgan fingerprint density at radius 3 is 2.68 bits per heavy atom. The predicted molar refractivity (Wildman–Crippen MR) is 93.6 cm³/mol. The van der Waals surface area contributed by atoms with Crippen LogP contribution in [0.2, 0.25) is 10.0 Å². The van der Waals surface area contributed by atoms with Crippen LogP contribution in [0.5, 0.6) is 0 Å². The number of carbonyl (C=O) groups excluding carboxylic acids is 3. The molecule has 1 atom stereocenters. The molecule has 0 spiro atoms. The highest BCUT2D eigenvalue weighted by Crippen LogP contribution is 2.25. The fraction of sp³-hybridized carbons (Fsp3) is 0.333. The molecule has 0 radical (unpaired) electrons. The zero-order valence-corrected chi connectivity index (χ0v) is 15.0. The van der Waals surface area contributed by atoms with E-state index in [9.17, 15) is 14.4 Å². The van der Waals surface area contributed by atoms with E-state index in [0.717, 1.165) is 0 Å². The lowest BCUT2D eigenvalue weighted by Crippen LogP contribution is -2.43. The zero-order chi connectivity index (χ0) is 18.6. The molecular weight excluding hydrogens is 371 g/mol. The van der Waals surface area contributed by atoms with E-state index in [-0.39, 0.29) is 18.2 Å². The van der Waals surface area contributed by atoms with Gasteiger partial charge < -0.3 is 10.1 Å². The standard InChI is InChI=1S/C15H16Cl2N4O4/c1-8(21-12(14(23)25-2)5-6-13(21)22)19-20-15(24)18-9-3-4-10(16)11(17)7-9/h3-4,7,12H,5-6H2,1-2H3,(H2,18,20,24)/b19-8+/t12-/m0/s1. The van der Waals surface area contributed by atoms with Gasteiger partial charge in [-0.05, 0) is 31.5 Å². The summed E-state index contributed by atoms with van der Waals surface area (Å²) in [6.45, 7) is 1.51. The van der Waals surface area contributed by atoms with Crippen LogP contribution in [0.4, 0.5) is 10.5 Å². The van der Waals surface area contributed by atoms with Crippen molar-refractivity contribution in [3.05, 3.63) is 28.2 Å². The number of hydrazone groups is 1. The number of hydrogen-bond donors (Lipinski definition) is 2. The Hall–Kier alpha value is -2.32. The molecule has 0 aromatic heterocycles. The van der Waals surface area contributed by atoms with Crippen molar-refractivity contribution in [1.29, 1.82) is 0 Å². The number of rotatable bonds is 3. The minimum atomic E-state index is -0.735. The second kappa shape index (κ2) is 8.17. The van der Waals surface area contributed by atoms with Gasteiger partial charge in [0.1, 0.15) is 11.9 Å². The van der Waals surface area contributed by atoms with E-state index in [4.69, 9.17) is 23.2 Å². The third-order valence-electron chi connectivity index (χ3n) is 3.53. The summed E-state index contributed by atoms with van der Waals surface area (Å²) in [4.78, 5) is 36.7. The molecule has 10 heteroatoms. The Labute approximate surface area is 154 Å². The number of urea groups is 1. The van der Waals surface area contributed by atoms with Crippen molar-refractivity contribution in [3.8, 4) is 0 Å². The quantitative estimate of drug-likeness (QED) is 0.360. The molecule has 1 aliphatic heterocycles. The Morgan fingerprint density at radius 1 is 1.32 bits per heavy atom. The van der Waals surface area contributed by atoms with Gasteiger partial charge in [0, 0.05) is 12.1 Å². The number of benzene rings is 1. The highest BCUT2D eigenvalue weighted by atomic mass is 35.5.